The van der Waals surface area contributed by atoms with Gasteiger partial charge in [0, 0.05) is 44.5 Å². The second kappa shape index (κ2) is 5.83. The van der Waals surface area contributed by atoms with Gasteiger partial charge in [-0.05, 0) is 25.3 Å². The van der Waals surface area contributed by atoms with E-state index in [9.17, 15) is 9.59 Å². The fraction of sp³-hybridized carbons (Fsp3) is 0.625. The van der Waals surface area contributed by atoms with Gasteiger partial charge >= 0.3 is 0 Å². The predicted octanol–water partition coefficient (Wildman–Crippen LogP) is 1.09. The number of carbonyl (C=O) groups is 2. The highest BCUT2D eigenvalue weighted by molar-refractivity contribution is 6.30. The molecule has 0 saturated carbocycles. The number of carbonyl (C=O) groups excluding carboxylic acids is 2. The first-order valence-electron chi connectivity index (χ1n) is 8.30. The minimum atomic E-state index is -0.0504. The zero-order chi connectivity index (χ0) is 16.0. The first-order valence-corrected chi connectivity index (χ1v) is 8.67. The molecule has 3 saturated heterocycles. The number of fused-ring (bicyclic) bond motifs is 2. The van der Waals surface area contributed by atoms with Crippen molar-refractivity contribution in [3.05, 3.63) is 23.0 Å². The molecule has 1 aromatic heterocycles. The Labute approximate surface area is 140 Å². The van der Waals surface area contributed by atoms with Crippen LogP contribution in [-0.2, 0) is 4.79 Å². The van der Waals surface area contributed by atoms with Crippen LogP contribution in [0.5, 0.6) is 0 Å². The third-order valence-corrected chi connectivity index (χ3v) is 5.59. The Morgan fingerprint density at radius 2 is 1.87 bits per heavy atom. The van der Waals surface area contributed by atoms with Crippen molar-refractivity contribution in [2.24, 2.45) is 5.92 Å². The van der Waals surface area contributed by atoms with Gasteiger partial charge < -0.3 is 20.1 Å². The summed E-state index contributed by atoms with van der Waals surface area (Å²) >= 11 is 5.85. The van der Waals surface area contributed by atoms with E-state index >= 15 is 0 Å². The Morgan fingerprint density at radius 1 is 1.13 bits per heavy atom. The zero-order valence-corrected chi connectivity index (χ0v) is 13.7. The maximum Gasteiger partial charge on any atom is 0.270 e. The van der Waals surface area contributed by atoms with Crippen LogP contribution in [0.25, 0.3) is 0 Å². The Morgan fingerprint density at radius 3 is 2.43 bits per heavy atom. The van der Waals surface area contributed by atoms with E-state index < -0.39 is 0 Å². The van der Waals surface area contributed by atoms with Gasteiger partial charge in [-0.1, -0.05) is 11.6 Å². The number of nitrogens with one attached hydrogen (secondary N) is 2. The fourth-order valence-electron chi connectivity index (χ4n) is 4.12. The topological polar surface area (TPSA) is 68.4 Å². The lowest BCUT2D eigenvalue weighted by Crippen LogP contribution is -2.53. The summed E-state index contributed by atoms with van der Waals surface area (Å²) in [5.74, 6) is 0.350. The number of halogens is 1. The number of hydrogen-bond donors (Lipinski definition) is 2. The molecule has 1 aromatic rings. The van der Waals surface area contributed by atoms with Gasteiger partial charge in [-0.25, -0.2) is 0 Å². The maximum absolute atomic E-state index is 12.7. The zero-order valence-electron chi connectivity index (χ0n) is 12.9. The van der Waals surface area contributed by atoms with E-state index in [1.165, 1.54) is 6.42 Å². The monoisotopic (exact) mass is 336 g/mol. The standard InChI is InChI=1S/C16H21ClN4O2/c17-10-7-14(18-9-10)16(23)21-5-3-20(4-6-21)15(22)12-8-11-1-2-13(12)19-11/h7,9,11-13,18-19H,1-6,8H2/t11-,12+,13+/m0/s1. The van der Waals surface area contributed by atoms with Gasteiger partial charge in [0.2, 0.25) is 5.91 Å². The van der Waals surface area contributed by atoms with Crippen molar-refractivity contribution in [2.75, 3.05) is 26.2 Å². The van der Waals surface area contributed by atoms with Crippen LogP contribution in [0.1, 0.15) is 29.8 Å². The minimum absolute atomic E-state index is 0.0504. The molecule has 4 heterocycles. The van der Waals surface area contributed by atoms with Crippen molar-refractivity contribution < 1.29 is 9.59 Å². The third-order valence-electron chi connectivity index (χ3n) is 5.37. The molecule has 2 bridgehead atoms. The lowest BCUT2D eigenvalue weighted by Gasteiger charge is -2.36. The average Bonchev–Trinajstić information content (AvgIpc) is 3.30. The Hall–Kier alpha value is -1.53. The fourth-order valence-corrected chi connectivity index (χ4v) is 4.29. The van der Waals surface area contributed by atoms with Crippen LogP contribution in [0.15, 0.2) is 12.3 Å². The summed E-state index contributed by atoms with van der Waals surface area (Å²) in [4.78, 5) is 31.7. The highest BCUT2D eigenvalue weighted by atomic mass is 35.5. The molecule has 0 unspecified atom stereocenters. The van der Waals surface area contributed by atoms with Crippen LogP contribution in [0.4, 0.5) is 0 Å². The molecule has 0 radical (unpaired) electrons. The first kappa shape index (κ1) is 15.0. The number of rotatable bonds is 2. The molecule has 6 nitrogen and oxygen atoms in total. The smallest absolute Gasteiger partial charge is 0.270 e. The number of piperazine rings is 1. The molecule has 0 aliphatic carbocycles. The molecule has 2 amide bonds. The number of nitrogens with zero attached hydrogens (tertiary/aromatic N) is 2. The van der Waals surface area contributed by atoms with Crippen LogP contribution in [-0.4, -0.2) is 64.9 Å². The van der Waals surface area contributed by atoms with Gasteiger partial charge in [-0.3, -0.25) is 9.59 Å². The number of amides is 2. The first-order chi connectivity index (χ1) is 11.1. The highest BCUT2D eigenvalue weighted by Crippen LogP contribution is 2.34. The van der Waals surface area contributed by atoms with Crippen LogP contribution in [0.3, 0.4) is 0 Å². The minimum Gasteiger partial charge on any atom is -0.356 e. The largest absolute Gasteiger partial charge is 0.356 e. The molecular formula is C16H21ClN4O2. The van der Waals surface area contributed by atoms with Crippen LogP contribution in [0.2, 0.25) is 5.02 Å². The van der Waals surface area contributed by atoms with Crippen molar-refractivity contribution in [1.29, 1.82) is 0 Å². The average molecular weight is 337 g/mol. The maximum atomic E-state index is 12.7. The molecule has 2 N–H and O–H groups in total. The summed E-state index contributed by atoms with van der Waals surface area (Å²) in [6, 6.07) is 2.55. The van der Waals surface area contributed by atoms with Crippen molar-refractivity contribution >= 4 is 23.4 Å². The highest BCUT2D eigenvalue weighted by Gasteiger charge is 2.44. The number of aromatic nitrogens is 1. The molecule has 3 aliphatic heterocycles. The number of H-pyrrole nitrogens is 1. The normalized spacial score (nSPS) is 30.0. The Bertz CT molecular complexity index is 623. The summed E-state index contributed by atoms with van der Waals surface area (Å²) < 4.78 is 0. The van der Waals surface area contributed by atoms with Gasteiger partial charge in [-0.2, -0.15) is 0 Å². The van der Waals surface area contributed by atoms with Crippen LogP contribution >= 0.6 is 11.6 Å². The predicted molar refractivity (Wildman–Crippen MR) is 86.3 cm³/mol. The molecule has 4 rings (SSSR count). The summed E-state index contributed by atoms with van der Waals surface area (Å²) in [7, 11) is 0. The van der Waals surface area contributed by atoms with Crippen molar-refractivity contribution in [3.63, 3.8) is 0 Å². The van der Waals surface area contributed by atoms with Gasteiger partial charge in [-0.15, -0.1) is 0 Å². The molecule has 124 valence electrons. The lowest BCUT2D eigenvalue weighted by atomic mass is 9.88. The molecule has 3 aliphatic rings. The SMILES string of the molecule is O=C(c1cc(Cl)c[nH]1)N1CCN(C(=O)[C@@H]2C[C@@H]3CC[C@H]2N3)CC1. The van der Waals surface area contributed by atoms with Crippen LogP contribution in [0, 0.1) is 5.92 Å². The molecule has 7 heteroatoms. The van der Waals surface area contributed by atoms with Gasteiger partial charge in [0.05, 0.1) is 10.9 Å². The number of aromatic amines is 1. The van der Waals surface area contributed by atoms with E-state index in [4.69, 9.17) is 11.6 Å². The van der Waals surface area contributed by atoms with Gasteiger partial charge in [0.1, 0.15) is 5.69 Å². The van der Waals surface area contributed by atoms with E-state index in [0.717, 1.165) is 12.8 Å². The summed E-state index contributed by atoms with van der Waals surface area (Å²) in [6.45, 7) is 2.39. The molecular weight excluding hydrogens is 316 g/mol. The number of hydrogen-bond acceptors (Lipinski definition) is 3. The van der Waals surface area contributed by atoms with Crippen molar-refractivity contribution in [2.45, 2.75) is 31.3 Å². The summed E-state index contributed by atoms with van der Waals surface area (Å²) in [5.41, 5.74) is 0.507. The molecule has 0 spiro atoms. The van der Waals surface area contributed by atoms with Crippen molar-refractivity contribution in [3.8, 4) is 0 Å². The molecule has 0 aromatic carbocycles. The molecule has 23 heavy (non-hydrogen) atoms. The van der Waals surface area contributed by atoms with E-state index in [2.05, 4.69) is 10.3 Å². The van der Waals surface area contributed by atoms with Crippen molar-refractivity contribution in [1.82, 2.24) is 20.1 Å². The van der Waals surface area contributed by atoms with E-state index in [-0.39, 0.29) is 17.7 Å². The third kappa shape index (κ3) is 2.74. The van der Waals surface area contributed by atoms with Gasteiger partial charge in [0.25, 0.3) is 5.91 Å². The van der Waals surface area contributed by atoms with E-state index in [0.29, 0.717) is 49.0 Å². The van der Waals surface area contributed by atoms with E-state index in [1.54, 1.807) is 17.2 Å². The Kier molecular flexibility index (Phi) is 3.81. The Balaban J connectivity index is 1.34. The van der Waals surface area contributed by atoms with E-state index in [1.807, 2.05) is 4.90 Å². The lowest BCUT2D eigenvalue weighted by molar-refractivity contribution is -0.137. The van der Waals surface area contributed by atoms with Gasteiger partial charge in [0.15, 0.2) is 0 Å². The second-order valence-electron chi connectivity index (χ2n) is 6.74. The summed E-state index contributed by atoms with van der Waals surface area (Å²) in [6.07, 6.45) is 4.91. The summed E-state index contributed by atoms with van der Waals surface area (Å²) in [5, 5.41) is 4.05. The molecule has 3 fully saturated rings. The second-order valence-corrected chi connectivity index (χ2v) is 7.18. The molecule has 3 atom stereocenters. The van der Waals surface area contributed by atoms with Crippen LogP contribution < -0.4 is 5.32 Å². The quantitative estimate of drug-likeness (QED) is 0.849.